The van der Waals surface area contributed by atoms with E-state index in [9.17, 15) is 0 Å². The Balaban J connectivity index is 1.58. The van der Waals surface area contributed by atoms with Crippen LogP contribution in [-0.4, -0.2) is 47.3 Å². The van der Waals surface area contributed by atoms with E-state index in [1.807, 2.05) is 24.0 Å². The quantitative estimate of drug-likeness (QED) is 0.695. The first-order chi connectivity index (χ1) is 11.2. The van der Waals surface area contributed by atoms with Gasteiger partial charge in [-0.05, 0) is 18.1 Å². The van der Waals surface area contributed by atoms with Crippen LogP contribution in [0.15, 0.2) is 53.8 Å². The summed E-state index contributed by atoms with van der Waals surface area (Å²) < 4.78 is 1.93. The van der Waals surface area contributed by atoms with Crippen molar-refractivity contribution in [2.24, 2.45) is 4.99 Å². The number of aromatic nitrogens is 2. The SMILES string of the molecule is CN=C(NCCn1cccn1)N1CCC(C)(c2ccccc2)C1. The van der Waals surface area contributed by atoms with Gasteiger partial charge in [0.1, 0.15) is 0 Å². The van der Waals surface area contributed by atoms with Crippen molar-refractivity contribution in [1.82, 2.24) is 20.0 Å². The Hall–Kier alpha value is -2.30. The van der Waals surface area contributed by atoms with E-state index in [4.69, 9.17) is 0 Å². The van der Waals surface area contributed by atoms with Crippen LogP contribution in [0, 0.1) is 0 Å². The lowest BCUT2D eigenvalue weighted by atomic mass is 9.82. The second-order valence-electron chi connectivity index (χ2n) is 6.34. The molecule has 1 saturated heterocycles. The maximum Gasteiger partial charge on any atom is 0.193 e. The van der Waals surface area contributed by atoms with Crippen molar-refractivity contribution in [2.45, 2.75) is 25.3 Å². The lowest BCUT2D eigenvalue weighted by Crippen LogP contribution is -2.42. The molecule has 2 aromatic rings. The number of aliphatic imine (C=N–C) groups is 1. The Labute approximate surface area is 138 Å². The van der Waals surface area contributed by atoms with Crippen molar-refractivity contribution in [3.63, 3.8) is 0 Å². The molecule has 0 aliphatic carbocycles. The van der Waals surface area contributed by atoms with E-state index in [1.54, 1.807) is 6.20 Å². The lowest BCUT2D eigenvalue weighted by molar-refractivity contribution is 0.436. The van der Waals surface area contributed by atoms with Gasteiger partial charge in [-0.15, -0.1) is 0 Å². The molecule has 1 aliphatic heterocycles. The number of guanidine groups is 1. The number of likely N-dealkylation sites (tertiary alicyclic amines) is 1. The van der Waals surface area contributed by atoms with Crippen LogP contribution in [0.1, 0.15) is 18.9 Å². The van der Waals surface area contributed by atoms with E-state index in [1.165, 1.54) is 5.56 Å². The summed E-state index contributed by atoms with van der Waals surface area (Å²) in [6.07, 6.45) is 4.93. The smallest absolute Gasteiger partial charge is 0.193 e. The van der Waals surface area contributed by atoms with Crippen molar-refractivity contribution >= 4 is 5.96 Å². The summed E-state index contributed by atoms with van der Waals surface area (Å²) in [7, 11) is 1.86. The van der Waals surface area contributed by atoms with Gasteiger partial charge in [-0.1, -0.05) is 37.3 Å². The third-order valence-corrected chi connectivity index (χ3v) is 4.64. The molecule has 1 aromatic carbocycles. The molecule has 0 bridgehead atoms. The second kappa shape index (κ2) is 6.86. The highest BCUT2D eigenvalue weighted by Crippen LogP contribution is 2.33. The molecule has 1 N–H and O–H groups in total. The molecule has 122 valence electrons. The first-order valence-corrected chi connectivity index (χ1v) is 8.20. The minimum Gasteiger partial charge on any atom is -0.354 e. The molecule has 1 unspecified atom stereocenters. The fourth-order valence-corrected chi connectivity index (χ4v) is 3.27. The zero-order valence-electron chi connectivity index (χ0n) is 13.9. The third kappa shape index (κ3) is 3.55. The number of rotatable bonds is 4. The molecule has 1 fully saturated rings. The number of hydrogen-bond acceptors (Lipinski definition) is 2. The van der Waals surface area contributed by atoms with Crippen LogP contribution >= 0.6 is 0 Å². The van der Waals surface area contributed by atoms with Crippen LogP contribution in [-0.2, 0) is 12.0 Å². The van der Waals surface area contributed by atoms with Gasteiger partial charge in [-0.2, -0.15) is 5.10 Å². The van der Waals surface area contributed by atoms with Gasteiger partial charge < -0.3 is 10.2 Å². The zero-order chi connectivity index (χ0) is 16.1. The molecule has 0 radical (unpaired) electrons. The van der Waals surface area contributed by atoms with E-state index < -0.39 is 0 Å². The van der Waals surface area contributed by atoms with E-state index in [0.717, 1.165) is 38.6 Å². The van der Waals surface area contributed by atoms with Crippen LogP contribution in [0.4, 0.5) is 0 Å². The fourth-order valence-electron chi connectivity index (χ4n) is 3.27. The summed E-state index contributed by atoms with van der Waals surface area (Å²) in [5.41, 5.74) is 1.61. The highest BCUT2D eigenvalue weighted by molar-refractivity contribution is 5.80. The van der Waals surface area contributed by atoms with E-state index in [2.05, 4.69) is 57.6 Å². The molecule has 1 atom stereocenters. The Morgan fingerprint density at radius 3 is 2.83 bits per heavy atom. The molecular weight excluding hydrogens is 286 g/mol. The van der Waals surface area contributed by atoms with Crippen LogP contribution < -0.4 is 5.32 Å². The molecule has 1 aliphatic rings. The monoisotopic (exact) mass is 311 g/mol. The van der Waals surface area contributed by atoms with Gasteiger partial charge in [-0.3, -0.25) is 9.67 Å². The molecule has 1 aromatic heterocycles. The number of hydrogen-bond donors (Lipinski definition) is 1. The maximum atomic E-state index is 4.45. The van der Waals surface area contributed by atoms with E-state index >= 15 is 0 Å². The molecule has 0 amide bonds. The molecule has 0 saturated carbocycles. The van der Waals surface area contributed by atoms with Crippen molar-refractivity contribution < 1.29 is 0 Å². The minimum atomic E-state index is 0.195. The van der Waals surface area contributed by atoms with Gasteiger partial charge in [-0.25, -0.2) is 0 Å². The average Bonchev–Trinajstić information content (AvgIpc) is 3.23. The second-order valence-corrected chi connectivity index (χ2v) is 6.34. The Morgan fingerprint density at radius 1 is 1.30 bits per heavy atom. The third-order valence-electron chi connectivity index (χ3n) is 4.64. The standard InChI is InChI=1S/C18H25N5/c1-18(16-7-4-3-5-8-16)9-13-22(15-18)17(19-2)20-11-14-23-12-6-10-21-23/h3-8,10,12H,9,11,13-15H2,1-2H3,(H,19,20). The summed E-state index contributed by atoms with van der Waals surface area (Å²) >= 11 is 0. The highest BCUT2D eigenvalue weighted by atomic mass is 15.3. The van der Waals surface area contributed by atoms with E-state index in [0.29, 0.717) is 0 Å². The fraction of sp³-hybridized carbons (Fsp3) is 0.444. The number of benzene rings is 1. The van der Waals surface area contributed by atoms with Gasteiger partial charge >= 0.3 is 0 Å². The van der Waals surface area contributed by atoms with Crippen LogP contribution in [0.5, 0.6) is 0 Å². The Bertz CT molecular complexity index is 635. The molecule has 2 heterocycles. The highest BCUT2D eigenvalue weighted by Gasteiger charge is 2.36. The molecule has 5 heteroatoms. The first-order valence-electron chi connectivity index (χ1n) is 8.20. The van der Waals surface area contributed by atoms with Crippen molar-refractivity contribution in [2.75, 3.05) is 26.7 Å². The van der Waals surface area contributed by atoms with Crippen LogP contribution in [0.2, 0.25) is 0 Å². The topological polar surface area (TPSA) is 45.5 Å². The predicted octanol–water partition coefficient (Wildman–Crippen LogP) is 2.12. The summed E-state index contributed by atoms with van der Waals surface area (Å²) in [5, 5.41) is 7.68. The van der Waals surface area contributed by atoms with Gasteiger partial charge in [0.15, 0.2) is 5.96 Å². The van der Waals surface area contributed by atoms with Gasteiger partial charge in [0.05, 0.1) is 6.54 Å². The van der Waals surface area contributed by atoms with Gasteiger partial charge in [0.25, 0.3) is 0 Å². The molecule has 23 heavy (non-hydrogen) atoms. The van der Waals surface area contributed by atoms with Gasteiger partial charge in [0.2, 0.25) is 0 Å². The Morgan fingerprint density at radius 2 is 2.13 bits per heavy atom. The molecule has 0 spiro atoms. The number of nitrogens with one attached hydrogen (secondary N) is 1. The predicted molar refractivity (Wildman–Crippen MR) is 93.6 cm³/mol. The Kier molecular flexibility index (Phi) is 4.65. The summed E-state index contributed by atoms with van der Waals surface area (Å²) in [6.45, 7) is 6.05. The average molecular weight is 311 g/mol. The van der Waals surface area contributed by atoms with Crippen LogP contribution in [0.3, 0.4) is 0 Å². The summed E-state index contributed by atoms with van der Waals surface area (Å²) in [5.74, 6) is 0.983. The van der Waals surface area contributed by atoms with Crippen molar-refractivity contribution in [3.05, 3.63) is 54.4 Å². The summed E-state index contributed by atoms with van der Waals surface area (Å²) in [4.78, 5) is 6.81. The largest absolute Gasteiger partial charge is 0.354 e. The van der Waals surface area contributed by atoms with Crippen LogP contribution in [0.25, 0.3) is 0 Å². The lowest BCUT2D eigenvalue weighted by Gasteiger charge is -2.27. The molecule has 5 nitrogen and oxygen atoms in total. The van der Waals surface area contributed by atoms with Gasteiger partial charge in [0, 0.05) is 44.5 Å². The number of nitrogens with zero attached hydrogens (tertiary/aromatic N) is 4. The molecular formula is C18H25N5. The minimum absolute atomic E-state index is 0.195. The molecule has 3 rings (SSSR count). The normalized spacial score (nSPS) is 21.7. The van der Waals surface area contributed by atoms with E-state index in [-0.39, 0.29) is 5.41 Å². The maximum absolute atomic E-state index is 4.45. The van der Waals surface area contributed by atoms with Crippen molar-refractivity contribution in [3.8, 4) is 0 Å². The first kappa shape index (κ1) is 15.6. The van der Waals surface area contributed by atoms with Crippen molar-refractivity contribution in [1.29, 1.82) is 0 Å². The summed E-state index contributed by atoms with van der Waals surface area (Å²) in [6, 6.07) is 12.7. The zero-order valence-corrected chi connectivity index (χ0v) is 13.9.